The summed E-state index contributed by atoms with van der Waals surface area (Å²) < 4.78 is 0. The van der Waals surface area contributed by atoms with Gasteiger partial charge in [0.2, 0.25) is 0 Å². The highest BCUT2D eigenvalue weighted by Gasteiger charge is 2.11. The van der Waals surface area contributed by atoms with Gasteiger partial charge in [-0.3, -0.25) is 0 Å². The number of hydrogen-bond donors (Lipinski definition) is 3. The van der Waals surface area contributed by atoms with Gasteiger partial charge >= 0.3 is 6.03 Å². The summed E-state index contributed by atoms with van der Waals surface area (Å²) >= 11 is 1.76. The molecule has 20 heavy (non-hydrogen) atoms. The molecule has 5 heteroatoms. The first kappa shape index (κ1) is 17.0. The van der Waals surface area contributed by atoms with Crippen LogP contribution in [0.2, 0.25) is 0 Å². The summed E-state index contributed by atoms with van der Waals surface area (Å²) in [4.78, 5) is 14.3. The van der Waals surface area contributed by atoms with E-state index in [4.69, 9.17) is 0 Å². The van der Waals surface area contributed by atoms with Crippen molar-refractivity contribution in [3.63, 3.8) is 0 Å². The first-order valence-electron chi connectivity index (χ1n) is 7.14. The van der Waals surface area contributed by atoms with Crippen LogP contribution in [0, 0.1) is 12.8 Å². The maximum absolute atomic E-state index is 11.7. The van der Waals surface area contributed by atoms with Gasteiger partial charge < -0.3 is 15.7 Å². The van der Waals surface area contributed by atoms with Crippen LogP contribution in [0.5, 0.6) is 0 Å². The van der Waals surface area contributed by atoms with Crippen molar-refractivity contribution in [1.82, 2.24) is 10.6 Å². The molecule has 1 aromatic heterocycles. The van der Waals surface area contributed by atoms with Crippen LogP contribution in [0.25, 0.3) is 0 Å². The number of nitrogens with one attached hydrogen (secondary N) is 2. The van der Waals surface area contributed by atoms with E-state index in [-0.39, 0.29) is 12.1 Å². The number of aliphatic hydroxyl groups excluding tert-OH is 1. The minimum Gasteiger partial charge on any atom is -0.391 e. The van der Waals surface area contributed by atoms with E-state index in [2.05, 4.69) is 29.7 Å². The molecule has 2 amide bonds. The SMILES string of the molecule is Cc1ccc(CC(C)NC(=O)NCC(O)CC(C)C)s1. The van der Waals surface area contributed by atoms with Crippen molar-refractivity contribution < 1.29 is 9.90 Å². The van der Waals surface area contributed by atoms with Crippen molar-refractivity contribution in [2.45, 2.75) is 52.7 Å². The smallest absolute Gasteiger partial charge is 0.315 e. The van der Waals surface area contributed by atoms with Gasteiger partial charge in [-0.05, 0) is 38.3 Å². The molecule has 0 spiro atoms. The number of aryl methyl sites for hydroxylation is 1. The molecular formula is C15H26N2O2S. The number of carbonyl (C=O) groups excluding carboxylic acids is 1. The number of urea groups is 1. The quantitative estimate of drug-likeness (QED) is 0.725. The predicted molar refractivity (Wildman–Crippen MR) is 84.2 cm³/mol. The van der Waals surface area contributed by atoms with E-state index < -0.39 is 6.10 Å². The second-order valence-corrected chi connectivity index (χ2v) is 7.13. The molecule has 0 aliphatic rings. The predicted octanol–water partition coefficient (Wildman–Crippen LogP) is 2.69. The standard InChI is InChI=1S/C15H26N2O2S/c1-10(2)7-13(18)9-16-15(19)17-11(3)8-14-6-5-12(4)20-14/h5-6,10-11,13,18H,7-9H2,1-4H3,(H2,16,17,19). The number of hydrogen-bond acceptors (Lipinski definition) is 3. The Labute approximate surface area is 125 Å². The summed E-state index contributed by atoms with van der Waals surface area (Å²) in [7, 11) is 0. The maximum atomic E-state index is 11.7. The Morgan fingerprint density at radius 2 is 2.05 bits per heavy atom. The Morgan fingerprint density at radius 1 is 1.35 bits per heavy atom. The summed E-state index contributed by atoms with van der Waals surface area (Å²) in [6.45, 7) is 8.46. The highest BCUT2D eigenvalue weighted by Crippen LogP contribution is 2.16. The Hall–Kier alpha value is -1.07. The third kappa shape index (κ3) is 6.91. The molecule has 1 heterocycles. The van der Waals surface area contributed by atoms with Crippen LogP contribution < -0.4 is 10.6 Å². The summed E-state index contributed by atoms with van der Waals surface area (Å²) in [5, 5.41) is 15.3. The van der Waals surface area contributed by atoms with Crippen LogP contribution in [0.4, 0.5) is 4.79 Å². The van der Waals surface area contributed by atoms with Crippen LogP contribution in [0.15, 0.2) is 12.1 Å². The average Bonchev–Trinajstić information content (AvgIpc) is 2.71. The molecule has 2 unspecified atom stereocenters. The molecule has 0 aromatic carbocycles. The van der Waals surface area contributed by atoms with Crippen molar-refractivity contribution in [2.24, 2.45) is 5.92 Å². The number of carbonyl (C=O) groups is 1. The Morgan fingerprint density at radius 3 is 2.60 bits per heavy atom. The lowest BCUT2D eigenvalue weighted by molar-refractivity contribution is 0.146. The lowest BCUT2D eigenvalue weighted by Crippen LogP contribution is -2.44. The van der Waals surface area contributed by atoms with Crippen LogP contribution in [0.1, 0.15) is 36.9 Å². The van der Waals surface area contributed by atoms with Crippen LogP contribution >= 0.6 is 11.3 Å². The summed E-state index contributed by atoms with van der Waals surface area (Å²) in [5.74, 6) is 0.427. The van der Waals surface area contributed by atoms with E-state index in [1.807, 2.05) is 20.8 Å². The molecule has 1 aromatic rings. The van der Waals surface area contributed by atoms with Crippen molar-refractivity contribution in [2.75, 3.05) is 6.54 Å². The topological polar surface area (TPSA) is 61.4 Å². The van der Waals surface area contributed by atoms with Gasteiger partial charge in [-0.15, -0.1) is 11.3 Å². The molecule has 0 aliphatic heterocycles. The van der Waals surface area contributed by atoms with E-state index in [0.717, 1.165) is 6.42 Å². The normalized spacial score (nSPS) is 14.1. The fourth-order valence-corrected chi connectivity index (χ4v) is 3.08. The highest BCUT2D eigenvalue weighted by atomic mass is 32.1. The number of amides is 2. The molecule has 2 atom stereocenters. The molecule has 0 bridgehead atoms. The minimum absolute atomic E-state index is 0.0790. The molecule has 0 radical (unpaired) electrons. The van der Waals surface area contributed by atoms with Gasteiger partial charge in [0.15, 0.2) is 0 Å². The largest absolute Gasteiger partial charge is 0.391 e. The molecule has 0 aliphatic carbocycles. The number of rotatable bonds is 7. The van der Waals surface area contributed by atoms with Crippen molar-refractivity contribution in [1.29, 1.82) is 0 Å². The molecule has 0 saturated heterocycles. The maximum Gasteiger partial charge on any atom is 0.315 e. The van der Waals surface area contributed by atoms with Crippen molar-refractivity contribution >= 4 is 17.4 Å². The molecule has 0 fully saturated rings. The minimum atomic E-state index is -0.476. The highest BCUT2D eigenvalue weighted by molar-refractivity contribution is 7.11. The second-order valence-electron chi connectivity index (χ2n) is 5.76. The van der Waals surface area contributed by atoms with Gasteiger partial charge in [0.1, 0.15) is 0 Å². The lowest BCUT2D eigenvalue weighted by Gasteiger charge is -2.17. The van der Waals surface area contributed by atoms with E-state index in [1.165, 1.54) is 9.75 Å². The van der Waals surface area contributed by atoms with E-state index in [9.17, 15) is 9.90 Å². The van der Waals surface area contributed by atoms with Crippen molar-refractivity contribution in [3.8, 4) is 0 Å². The summed E-state index contributed by atoms with van der Waals surface area (Å²) in [5.41, 5.74) is 0. The van der Waals surface area contributed by atoms with Crippen LogP contribution in [-0.2, 0) is 6.42 Å². The lowest BCUT2D eigenvalue weighted by atomic mass is 10.1. The molecule has 0 saturated carbocycles. The van der Waals surface area contributed by atoms with E-state index in [0.29, 0.717) is 18.9 Å². The first-order chi connectivity index (χ1) is 9.36. The third-order valence-electron chi connectivity index (χ3n) is 2.92. The Kier molecular flexibility index (Phi) is 7.02. The second kappa shape index (κ2) is 8.27. The summed E-state index contributed by atoms with van der Waals surface area (Å²) in [6.07, 6.45) is 1.06. The van der Waals surface area contributed by atoms with Gasteiger partial charge in [0.05, 0.1) is 6.10 Å². The van der Waals surface area contributed by atoms with Gasteiger partial charge in [-0.25, -0.2) is 4.79 Å². The molecule has 114 valence electrons. The van der Waals surface area contributed by atoms with E-state index in [1.54, 1.807) is 11.3 Å². The zero-order valence-corrected chi connectivity index (χ0v) is 13.6. The number of aliphatic hydroxyl groups is 1. The fourth-order valence-electron chi connectivity index (χ4n) is 2.06. The Bertz CT molecular complexity index is 418. The van der Waals surface area contributed by atoms with E-state index >= 15 is 0 Å². The first-order valence-corrected chi connectivity index (χ1v) is 7.96. The average molecular weight is 298 g/mol. The van der Waals surface area contributed by atoms with Crippen LogP contribution in [0.3, 0.4) is 0 Å². The third-order valence-corrected chi connectivity index (χ3v) is 3.95. The van der Waals surface area contributed by atoms with Crippen LogP contribution in [-0.4, -0.2) is 29.8 Å². The van der Waals surface area contributed by atoms with Gasteiger partial charge in [-0.2, -0.15) is 0 Å². The van der Waals surface area contributed by atoms with Gasteiger partial charge in [0, 0.05) is 28.8 Å². The molecule has 3 N–H and O–H groups in total. The van der Waals surface area contributed by atoms with Gasteiger partial charge in [-0.1, -0.05) is 13.8 Å². The molecule has 1 rings (SSSR count). The Balaban J connectivity index is 2.24. The molecule has 4 nitrogen and oxygen atoms in total. The molecular weight excluding hydrogens is 272 g/mol. The van der Waals surface area contributed by atoms with Gasteiger partial charge in [0.25, 0.3) is 0 Å². The zero-order valence-electron chi connectivity index (χ0n) is 12.8. The van der Waals surface area contributed by atoms with Crippen molar-refractivity contribution in [3.05, 3.63) is 21.9 Å². The summed E-state index contributed by atoms with van der Waals surface area (Å²) in [6, 6.07) is 4.06. The zero-order chi connectivity index (χ0) is 15.1. The number of thiophene rings is 1. The fraction of sp³-hybridized carbons (Fsp3) is 0.667. The monoisotopic (exact) mass is 298 g/mol.